The van der Waals surface area contributed by atoms with Gasteiger partial charge in [-0.05, 0) is 11.1 Å². The lowest BCUT2D eigenvalue weighted by Crippen LogP contribution is -1.85. The summed E-state index contributed by atoms with van der Waals surface area (Å²) in [6.45, 7) is 0. The Morgan fingerprint density at radius 1 is 1.38 bits per heavy atom. The highest BCUT2D eigenvalue weighted by Gasteiger charge is 1.95. The van der Waals surface area contributed by atoms with Gasteiger partial charge in [-0.1, -0.05) is 52.3 Å². The quantitative estimate of drug-likeness (QED) is 0.739. The molecule has 0 amide bonds. The molecule has 1 aromatic carbocycles. The fraction of sp³-hybridized carbons (Fsp3) is 0.182. The molecule has 0 aliphatic heterocycles. The van der Waals surface area contributed by atoms with Gasteiger partial charge in [-0.2, -0.15) is 5.26 Å². The Labute approximate surface area is 86.8 Å². The van der Waals surface area contributed by atoms with Gasteiger partial charge in [0.2, 0.25) is 0 Å². The highest BCUT2D eigenvalue weighted by Crippen LogP contribution is 2.11. The molecule has 0 bridgehead atoms. The second-order valence-corrected chi connectivity index (χ2v) is 3.24. The SMILES string of the molecule is N#CCc1ccccc1C=CCBr. The molecule has 1 aromatic rings. The second kappa shape index (κ2) is 5.55. The number of hydrogen-bond acceptors (Lipinski definition) is 1. The lowest BCUT2D eigenvalue weighted by atomic mass is 10.1. The zero-order valence-electron chi connectivity index (χ0n) is 7.20. The maximum Gasteiger partial charge on any atom is 0.0669 e. The number of allylic oxidation sites excluding steroid dienone is 1. The van der Waals surface area contributed by atoms with Gasteiger partial charge >= 0.3 is 0 Å². The molecule has 0 atom stereocenters. The molecule has 13 heavy (non-hydrogen) atoms. The lowest BCUT2D eigenvalue weighted by Gasteiger charge is -1.99. The third kappa shape index (κ3) is 3.04. The first-order valence-electron chi connectivity index (χ1n) is 4.06. The molecule has 0 radical (unpaired) electrons. The number of nitrogens with zero attached hydrogens (tertiary/aromatic N) is 1. The van der Waals surface area contributed by atoms with E-state index >= 15 is 0 Å². The summed E-state index contributed by atoms with van der Waals surface area (Å²) in [5.41, 5.74) is 2.21. The van der Waals surface area contributed by atoms with Crippen LogP contribution in [0.15, 0.2) is 30.3 Å². The maximum absolute atomic E-state index is 8.59. The molecule has 0 spiro atoms. The van der Waals surface area contributed by atoms with E-state index in [4.69, 9.17) is 5.26 Å². The van der Waals surface area contributed by atoms with E-state index in [1.807, 2.05) is 36.4 Å². The van der Waals surface area contributed by atoms with Gasteiger partial charge in [0.1, 0.15) is 0 Å². The first-order valence-corrected chi connectivity index (χ1v) is 5.18. The lowest BCUT2D eigenvalue weighted by molar-refractivity contribution is 1.25. The third-order valence-electron chi connectivity index (χ3n) is 1.71. The summed E-state index contributed by atoms with van der Waals surface area (Å²) in [5, 5.41) is 9.43. The molecular formula is C11H10BrN. The molecule has 0 saturated heterocycles. The van der Waals surface area contributed by atoms with E-state index in [1.54, 1.807) is 0 Å². The van der Waals surface area contributed by atoms with E-state index < -0.39 is 0 Å². The molecule has 1 nitrogen and oxygen atoms in total. The van der Waals surface area contributed by atoms with Crippen LogP contribution in [0.5, 0.6) is 0 Å². The topological polar surface area (TPSA) is 23.8 Å². The zero-order valence-corrected chi connectivity index (χ0v) is 8.79. The minimum Gasteiger partial charge on any atom is -0.198 e. The summed E-state index contributed by atoms with van der Waals surface area (Å²) in [6, 6.07) is 10.1. The summed E-state index contributed by atoms with van der Waals surface area (Å²) < 4.78 is 0. The van der Waals surface area contributed by atoms with Crippen LogP contribution >= 0.6 is 15.9 Å². The summed E-state index contributed by atoms with van der Waals surface area (Å²) >= 11 is 3.32. The van der Waals surface area contributed by atoms with Crippen LogP contribution in [0.3, 0.4) is 0 Å². The van der Waals surface area contributed by atoms with Crippen molar-refractivity contribution in [3.63, 3.8) is 0 Å². The van der Waals surface area contributed by atoms with Crippen molar-refractivity contribution < 1.29 is 0 Å². The number of alkyl halides is 1. The van der Waals surface area contributed by atoms with Crippen molar-refractivity contribution in [2.24, 2.45) is 0 Å². The summed E-state index contributed by atoms with van der Waals surface area (Å²) in [6.07, 6.45) is 4.53. The standard InChI is InChI=1S/C11H10BrN/c12-8-3-6-10-4-1-2-5-11(10)7-9-13/h1-6H,7-8H2. The minimum atomic E-state index is 0.475. The molecule has 0 aromatic heterocycles. The minimum absolute atomic E-state index is 0.475. The van der Waals surface area contributed by atoms with Gasteiger partial charge in [0.25, 0.3) is 0 Å². The summed E-state index contributed by atoms with van der Waals surface area (Å²) in [4.78, 5) is 0. The van der Waals surface area contributed by atoms with Crippen LogP contribution in [0, 0.1) is 11.3 Å². The molecule has 0 saturated carbocycles. The van der Waals surface area contributed by atoms with Crippen LogP contribution in [0.25, 0.3) is 6.08 Å². The third-order valence-corrected chi connectivity index (χ3v) is 2.08. The van der Waals surface area contributed by atoms with Gasteiger partial charge in [0, 0.05) is 5.33 Å². The summed E-state index contributed by atoms with van der Waals surface area (Å²) in [7, 11) is 0. The average molecular weight is 236 g/mol. The smallest absolute Gasteiger partial charge is 0.0669 e. The molecule has 0 unspecified atom stereocenters. The normalized spacial score (nSPS) is 10.2. The first-order chi connectivity index (χ1) is 6.38. The fourth-order valence-electron chi connectivity index (χ4n) is 1.11. The van der Waals surface area contributed by atoms with Crippen molar-refractivity contribution >= 4 is 22.0 Å². The van der Waals surface area contributed by atoms with Gasteiger partial charge in [-0.3, -0.25) is 0 Å². The second-order valence-electron chi connectivity index (χ2n) is 2.59. The first kappa shape index (κ1) is 10.0. The Balaban J connectivity index is 2.92. The predicted molar refractivity (Wildman–Crippen MR) is 58.6 cm³/mol. The molecule has 0 heterocycles. The highest BCUT2D eigenvalue weighted by molar-refractivity contribution is 9.09. The number of nitriles is 1. The van der Waals surface area contributed by atoms with Gasteiger partial charge in [-0.25, -0.2) is 0 Å². The average Bonchev–Trinajstić information content (AvgIpc) is 2.17. The van der Waals surface area contributed by atoms with E-state index in [0.717, 1.165) is 16.5 Å². The van der Waals surface area contributed by atoms with Crippen LogP contribution in [-0.2, 0) is 6.42 Å². The van der Waals surface area contributed by atoms with E-state index in [-0.39, 0.29) is 0 Å². The van der Waals surface area contributed by atoms with E-state index in [0.29, 0.717) is 6.42 Å². The van der Waals surface area contributed by atoms with Gasteiger partial charge < -0.3 is 0 Å². The number of halogens is 1. The Bertz CT molecular complexity index is 336. The van der Waals surface area contributed by atoms with Crippen molar-refractivity contribution in [3.05, 3.63) is 41.5 Å². The number of hydrogen-bond donors (Lipinski definition) is 0. The van der Waals surface area contributed by atoms with Crippen molar-refractivity contribution in [2.45, 2.75) is 6.42 Å². The maximum atomic E-state index is 8.59. The van der Waals surface area contributed by atoms with E-state index in [2.05, 4.69) is 22.0 Å². The van der Waals surface area contributed by atoms with E-state index in [1.165, 1.54) is 0 Å². The van der Waals surface area contributed by atoms with Gasteiger partial charge in [0.15, 0.2) is 0 Å². The number of benzene rings is 1. The van der Waals surface area contributed by atoms with Crippen molar-refractivity contribution in [1.29, 1.82) is 5.26 Å². The van der Waals surface area contributed by atoms with Crippen LogP contribution in [-0.4, -0.2) is 5.33 Å². The largest absolute Gasteiger partial charge is 0.198 e. The fourth-order valence-corrected chi connectivity index (χ4v) is 1.30. The molecule has 2 heteroatoms. The Morgan fingerprint density at radius 2 is 2.15 bits per heavy atom. The van der Waals surface area contributed by atoms with Crippen molar-refractivity contribution in [3.8, 4) is 6.07 Å². The Kier molecular flexibility index (Phi) is 4.28. The number of rotatable bonds is 3. The van der Waals surface area contributed by atoms with Gasteiger partial charge in [0.05, 0.1) is 12.5 Å². The van der Waals surface area contributed by atoms with E-state index in [9.17, 15) is 0 Å². The zero-order chi connectivity index (χ0) is 9.52. The van der Waals surface area contributed by atoms with Crippen molar-refractivity contribution in [2.75, 3.05) is 5.33 Å². The van der Waals surface area contributed by atoms with Crippen molar-refractivity contribution in [1.82, 2.24) is 0 Å². The molecule has 0 N–H and O–H groups in total. The molecule has 0 aliphatic rings. The molecule has 66 valence electrons. The van der Waals surface area contributed by atoms with Crippen LogP contribution in [0.2, 0.25) is 0 Å². The highest BCUT2D eigenvalue weighted by atomic mass is 79.9. The molecule has 1 rings (SSSR count). The molecular weight excluding hydrogens is 226 g/mol. The van der Waals surface area contributed by atoms with Gasteiger partial charge in [-0.15, -0.1) is 0 Å². The predicted octanol–water partition coefficient (Wildman–Crippen LogP) is 3.16. The van der Waals surface area contributed by atoms with Crippen LogP contribution < -0.4 is 0 Å². The monoisotopic (exact) mass is 235 g/mol. The van der Waals surface area contributed by atoms with Crippen LogP contribution in [0.1, 0.15) is 11.1 Å². The molecule has 0 aliphatic carbocycles. The Morgan fingerprint density at radius 3 is 2.85 bits per heavy atom. The summed E-state index contributed by atoms with van der Waals surface area (Å²) in [5.74, 6) is 0. The molecule has 0 fully saturated rings. The van der Waals surface area contributed by atoms with Crippen LogP contribution in [0.4, 0.5) is 0 Å². The Hall–Kier alpha value is -1.07.